The molecule has 0 unspecified atom stereocenters. The van der Waals surface area contributed by atoms with Crippen molar-refractivity contribution in [2.45, 2.75) is 34.6 Å². The van der Waals surface area contributed by atoms with Crippen molar-refractivity contribution in [2.24, 2.45) is 5.41 Å². The predicted molar refractivity (Wildman–Crippen MR) is 97.0 cm³/mol. The molecule has 0 atom stereocenters. The number of carbonyl (C=O) groups is 2. The number of anilines is 1. The van der Waals surface area contributed by atoms with Crippen molar-refractivity contribution in [1.29, 1.82) is 0 Å². The third kappa shape index (κ3) is 3.96. The van der Waals surface area contributed by atoms with E-state index in [0.717, 1.165) is 36.4 Å². The minimum Gasteiger partial charge on any atom is -0.339 e. The van der Waals surface area contributed by atoms with Gasteiger partial charge in [-0.15, -0.1) is 0 Å². The lowest BCUT2D eigenvalue weighted by Crippen LogP contribution is -2.54. The highest BCUT2D eigenvalue weighted by Gasteiger charge is 2.40. The zero-order valence-electron chi connectivity index (χ0n) is 15.5. The van der Waals surface area contributed by atoms with Gasteiger partial charge in [0.25, 0.3) is 0 Å². The molecule has 5 nitrogen and oxygen atoms in total. The zero-order chi connectivity index (χ0) is 17.9. The van der Waals surface area contributed by atoms with Crippen LogP contribution >= 0.6 is 0 Å². The van der Waals surface area contributed by atoms with Crippen LogP contribution in [0.15, 0.2) is 18.2 Å². The Labute approximate surface area is 145 Å². The van der Waals surface area contributed by atoms with Gasteiger partial charge in [-0.25, -0.2) is 0 Å². The molecule has 2 rings (SSSR count). The van der Waals surface area contributed by atoms with Gasteiger partial charge in [-0.2, -0.15) is 0 Å². The topological polar surface area (TPSA) is 52.7 Å². The molecule has 0 radical (unpaired) electrons. The lowest BCUT2D eigenvalue weighted by Gasteiger charge is -2.37. The Morgan fingerprint density at radius 2 is 1.75 bits per heavy atom. The van der Waals surface area contributed by atoms with Gasteiger partial charge in [-0.3, -0.25) is 9.59 Å². The van der Waals surface area contributed by atoms with E-state index in [1.165, 1.54) is 0 Å². The van der Waals surface area contributed by atoms with Crippen LogP contribution in [0.4, 0.5) is 5.69 Å². The summed E-state index contributed by atoms with van der Waals surface area (Å²) in [6.45, 7) is 13.6. The molecule has 5 heteroatoms. The highest BCUT2D eigenvalue weighted by atomic mass is 16.2. The molecule has 0 spiro atoms. The first-order chi connectivity index (χ1) is 11.3. The molecule has 1 aromatic carbocycles. The summed E-state index contributed by atoms with van der Waals surface area (Å²) < 4.78 is 0. The summed E-state index contributed by atoms with van der Waals surface area (Å²) in [7, 11) is 0. The molecule has 1 saturated heterocycles. The SMILES string of the molecule is CCN1CCN(C(=O)C(C)(C)C(=O)Nc2ccc(C)cc2C)CC1. The molecule has 132 valence electrons. The number of nitrogens with one attached hydrogen (secondary N) is 1. The molecule has 2 amide bonds. The van der Waals surface area contributed by atoms with Crippen molar-refractivity contribution >= 4 is 17.5 Å². The molecule has 1 aliphatic rings. The highest BCUT2D eigenvalue weighted by molar-refractivity contribution is 6.10. The molecule has 24 heavy (non-hydrogen) atoms. The monoisotopic (exact) mass is 331 g/mol. The molecule has 1 N–H and O–H groups in total. The van der Waals surface area contributed by atoms with Crippen LogP contribution in [0.3, 0.4) is 0 Å². The van der Waals surface area contributed by atoms with Gasteiger partial charge >= 0.3 is 0 Å². The fourth-order valence-electron chi connectivity index (χ4n) is 2.99. The minimum atomic E-state index is -1.08. The van der Waals surface area contributed by atoms with Crippen molar-refractivity contribution in [3.05, 3.63) is 29.3 Å². The summed E-state index contributed by atoms with van der Waals surface area (Å²) in [6, 6.07) is 5.87. The first-order valence-electron chi connectivity index (χ1n) is 8.66. The number of carbonyl (C=O) groups excluding carboxylic acids is 2. The quantitative estimate of drug-likeness (QED) is 0.862. The Kier molecular flexibility index (Phi) is 5.65. The number of nitrogens with zero attached hydrogens (tertiary/aromatic N) is 2. The summed E-state index contributed by atoms with van der Waals surface area (Å²) >= 11 is 0. The Hall–Kier alpha value is -1.88. The number of likely N-dealkylation sites (N-methyl/N-ethyl adjacent to an activating group) is 1. The minimum absolute atomic E-state index is 0.0967. The molecule has 0 bridgehead atoms. The Morgan fingerprint density at radius 3 is 2.29 bits per heavy atom. The largest absolute Gasteiger partial charge is 0.339 e. The average Bonchev–Trinajstić information content (AvgIpc) is 2.56. The van der Waals surface area contributed by atoms with E-state index in [-0.39, 0.29) is 11.8 Å². The van der Waals surface area contributed by atoms with Gasteiger partial charge in [0.2, 0.25) is 11.8 Å². The van der Waals surface area contributed by atoms with Gasteiger partial charge in [-0.1, -0.05) is 24.6 Å². The van der Waals surface area contributed by atoms with E-state index >= 15 is 0 Å². The summed E-state index contributed by atoms with van der Waals surface area (Å²) in [6.07, 6.45) is 0. The van der Waals surface area contributed by atoms with Crippen LogP contribution in [0.2, 0.25) is 0 Å². The summed E-state index contributed by atoms with van der Waals surface area (Å²) in [5, 5.41) is 2.92. The van der Waals surface area contributed by atoms with Crippen molar-refractivity contribution in [3.8, 4) is 0 Å². The van der Waals surface area contributed by atoms with E-state index in [2.05, 4.69) is 17.1 Å². The fraction of sp³-hybridized carbons (Fsp3) is 0.579. The molecule has 0 saturated carbocycles. The first kappa shape index (κ1) is 18.5. The van der Waals surface area contributed by atoms with Crippen molar-refractivity contribution in [2.75, 3.05) is 38.0 Å². The number of aryl methyl sites for hydroxylation is 2. The third-order valence-corrected chi connectivity index (χ3v) is 4.84. The lowest BCUT2D eigenvalue weighted by atomic mass is 9.89. The van der Waals surface area contributed by atoms with Gasteiger partial charge in [0, 0.05) is 31.9 Å². The Balaban J connectivity index is 2.05. The number of rotatable bonds is 4. The van der Waals surface area contributed by atoms with E-state index in [9.17, 15) is 9.59 Å². The van der Waals surface area contributed by atoms with Gasteiger partial charge in [-0.05, 0) is 45.9 Å². The van der Waals surface area contributed by atoms with E-state index in [4.69, 9.17) is 0 Å². The lowest BCUT2D eigenvalue weighted by molar-refractivity contribution is -0.147. The van der Waals surface area contributed by atoms with Crippen LogP contribution in [0, 0.1) is 19.3 Å². The van der Waals surface area contributed by atoms with Crippen LogP contribution < -0.4 is 5.32 Å². The van der Waals surface area contributed by atoms with E-state index in [1.54, 1.807) is 13.8 Å². The number of hydrogen-bond donors (Lipinski definition) is 1. The van der Waals surface area contributed by atoms with Crippen molar-refractivity contribution < 1.29 is 9.59 Å². The molecule has 0 aliphatic carbocycles. The second-order valence-corrected chi connectivity index (χ2v) is 7.12. The highest BCUT2D eigenvalue weighted by Crippen LogP contribution is 2.24. The number of hydrogen-bond acceptors (Lipinski definition) is 3. The summed E-state index contributed by atoms with van der Waals surface area (Å²) in [5.74, 6) is -0.349. The van der Waals surface area contributed by atoms with E-state index in [1.807, 2.05) is 36.9 Å². The van der Waals surface area contributed by atoms with Gasteiger partial charge in [0.05, 0.1) is 0 Å². The van der Waals surface area contributed by atoms with Crippen LogP contribution in [-0.4, -0.2) is 54.3 Å². The third-order valence-electron chi connectivity index (χ3n) is 4.84. The van der Waals surface area contributed by atoms with E-state index < -0.39 is 5.41 Å². The predicted octanol–water partition coefficient (Wildman–Crippen LogP) is 2.43. The molecular weight excluding hydrogens is 302 g/mol. The summed E-state index contributed by atoms with van der Waals surface area (Å²) in [4.78, 5) is 29.7. The maximum absolute atomic E-state index is 12.8. The first-order valence-corrected chi connectivity index (χ1v) is 8.66. The molecule has 1 aliphatic heterocycles. The molecule has 1 aromatic rings. The molecule has 1 heterocycles. The molecular formula is C19H29N3O2. The van der Waals surface area contributed by atoms with Gasteiger partial charge in [0.1, 0.15) is 5.41 Å². The Bertz CT molecular complexity index is 617. The second kappa shape index (κ2) is 7.34. The molecule has 0 aromatic heterocycles. The average molecular weight is 331 g/mol. The van der Waals surface area contributed by atoms with Crippen LogP contribution in [0.5, 0.6) is 0 Å². The number of amides is 2. The Morgan fingerprint density at radius 1 is 1.12 bits per heavy atom. The van der Waals surface area contributed by atoms with Gasteiger partial charge in [0.15, 0.2) is 0 Å². The fourth-order valence-corrected chi connectivity index (χ4v) is 2.99. The normalized spacial score (nSPS) is 16.1. The second-order valence-electron chi connectivity index (χ2n) is 7.12. The molecule has 1 fully saturated rings. The maximum atomic E-state index is 12.8. The van der Waals surface area contributed by atoms with Crippen LogP contribution in [0.1, 0.15) is 31.9 Å². The zero-order valence-corrected chi connectivity index (χ0v) is 15.5. The van der Waals surface area contributed by atoms with Gasteiger partial charge < -0.3 is 15.1 Å². The van der Waals surface area contributed by atoms with Crippen molar-refractivity contribution in [3.63, 3.8) is 0 Å². The number of benzene rings is 1. The smallest absolute Gasteiger partial charge is 0.239 e. The maximum Gasteiger partial charge on any atom is 0.239 e. The summed E-state index contributed by atoms with van der Waals surface area (Å²) in [5.41, 5.74) is 1.84. The van der Waals surface area contributed by atoms with Crippen LogP contribution in [0.25, 0.3) is 0 Å². The van der Waals surface area contributed by atoms with E-state index in [0.29, 0.717) is 13.1 Å². The van der Waals surface area contributed by atoms with Crippen LogP contribution in [-0.2, 0) is 9.59 Å². The standard InChI is InChI=1S/C19H29N3O2/c1-6-21-9-11-22(12-10-21)18(24)19(4,5)17(23)20-16-8-7-14(2)13-15(16)3/h7-8,13H,6,9-12H2,1-5H3,(H,20,23). The van der Waals surface area contributed by atoms with Crippen molar-refractivity contribution in [1.82, 2.24) is 9.80 Å². The number of piperazine rings is 1.